The van der Waals surface area contributed by atoms with E-state index in [0.29, 0.717) is 11.3 Å². The highest BCUT2D eigenvalue weighted by Gasteiger charge is 1.98. The molecule has 0 radical (unpaired) electrons. The first-order valence-electron chi connectivity index (χ1n) is 2.11. The fourth-order valence-electron chi connectivity index (χ4n) is 0.523. The van der Waals surface area contributed by atoms with Crippen LogP contribution in [0, 0.1) is 0 Å². The molecule has 0 fully saturated rings. The van der Waals surface area contributed by atoms with Crippen LogP contribution in [0.1, 0.15) is 0 Å². The molecule has 40 valence electrons. The van der Waals surface area contributed by atoms with Crippen LogP contribution < -0.4 is 0 Å². The summed E-state index contributed by atoms with van der Waals surface area (Å²) in [4.78, 5) is 3.76. The van der Waals surface area contributed by atoms with Gasteiger partial charge in [-0.25, -0.2) is 4.98 Å². The molecule has 4 heteroatoms. The Labute approximate surface area is 44.1 Å². The minimum absolute atomic E-state index is 0.380. The Bertz CT molecular complexity index is 233. The predicted octanol–water partition coefficient (Wildman–Crippen LogP) is 0.816. The van der Waals surface area contributed by atoms with Crippen molar-refractivity contribution in [3.05, 3.63) is 12.6 Å². The Kier molecular flexibility index (Phi) is 0.498. The molecule has 2 heterocycles. The van der Waals surface area contributed by atoms with Crippen LogP contribution in [0.15, 0.2) is 21.5 Å². The lowest BCUT2D eigenvalue weighted by atomic mass is 10.7. The minimum atomic E-state index is 0.380. The fraction of sp³-hybridized carbons (Fsp3) is 0. The Hall–Kier alpha value is -1.32. The molecule has 0 aliphatic heterocycles. The van der Waals surface area contributed by atoms with E-state index in [1.165, 1.54) is 12.6 Å². The van der Waals surface area contributed by atoms with E-state index in [-0.39, 0.29) is 0 Å². The third-order valence-corrected chi connectivity index (χ3v) is 0.871. The number of oxazole rings is 1. The van der Waals surface area contributed by atoms with Crippen LogP contribution in [-0.2, 0) is 0 Å². The van der Waals surface area contributed by atoms with Crippen molar-refractivity contribution in [2.75, 3.05) is 0 Å². The van der Waals surface area contributed by atoms with Crippen LogP contribution in [0.25, 0.3) is 11.3 Å². The van der Waals surface area contributed by atoms with Gasteiger partial charge in [0.1, 0.15) is 6.20 Å². The average Bonchev–Trinajstić information content (AvgIpc) is 2.15. The largest absolute Gasteiger partial charge is 0.411 e. The molecule has 0 aliphatic carbocycles. The van der Waals surface area contributed by atoms with Crippen molar-refractivity contribution >= 4 is 11.3 Å². The third kappa shape index (κ3) is 0.294. The van der Waals surface area contributed by atoms with E-state index in [2.05, 4.69) is 14.7 Å². The van der Waals surface area contributed by atoms with Crippen LogP contribution >= 0.6 is 0 Å². The lowest BCUT2D eigenvalue weighted by molar-refractivity contribution is 0.386. The van der Waals surface area contributed by atoms with Gasteiger partial charge in [0.15, 0.2) is 11.9 Å². The molecule has 0 N–H and O–H groups in total. The van der Waals surface area contributed by atoms with Gasteiger partial charge in [-0.2, -0.15) is 0 Å². The highest BCUT2D eigenvalue weighted by molar-refractivity contribution is 5.63. The van der Waals surface area contributed by atoms with Crippen molar-refractivity contribution in [2.24, 2.45) is 0 Å². The molecule has 0 atom stereocenters. The summed E-state index contributed by atoms with van der Waals surface area (Å²) < 4.78 is 9.30. The molecule has 0 aliphatic rings. The van der Waals surface area contributed by atoms with Crippen molar-refractivity contribution in [3.8, 4) is 0 Å². The zero-order chi connectivity index (χ0) is 5.40. The molecular weight excluding hydrogens is 108 g/mol. The molecule has 4 nitrogen and oxygen atoms in total. The number of hydrogen-bond acceptors (Lipinski definition) is 4. The van der Waals surface area contributed by atoms with Crippen molar-refractivity contribution in [1.29, 1.82) is 0 Å². The van der Waals surface area contributed by atoms with Gasteiger partial charge in [0.25, 0.3) is 0 Å². The second-order valence-corrected chi connectivity index (χ2v) is 1.35. The van der Waals surface area contributed by atoms with Crippen molar-refractivity contribution < 1.29 is 8.94 Å². The van der Waals surface area contributed by atoms with Crippen LogP contribution in [0.2, 0.25) is 0 Å². The zero-order valence-electron chi connectivity index (χ0n) is 3.87. The first kappa shape index (κ1) is 3.65. The number of rotatable bonds is 0. The minimum Gasteiger partial charge on any atom is -0.411 e. The maximum absolute atomic E-state index is 4.72. The van der Waals surface area contributed by atoms with E-state index < -0.39 is 0 Å². The van der Waals surface area contributed by atoms with Crippen molar-refractivity contribution in [2.45, 2.75) is 0 Å². The van der Waals surface area contributed by atoms with Crippen LogP contribution in [0.5, 0.6) is 0 Å². The van der Waals surface area contributed by atoms with Gasteiger partial charge in [0.2, 0.25) is 0 Å². The van der Waals surface area contributed by atoms with Crippen LogP contribution in [0.4, 0.5) is 0 Å². The second-order valence-electron chi connectivity index (χ2n) is 1.35. The maximum atomic E-state index is 4.72. The van der Waals surface area contributed by atoms with E-state index in [1.807, 2.05) is 0 Å². The van der Waals surface area contributed by atoms with Crippen LogP contribution in [-0.4, -0.2) is 10.1 Å². The smallest absolute Gasteiger partial charge is 0.343 e. The lowest BCUT2D eigenvalue weighted by Gasteiger charge is -1.61. The molecule has 0 saturated heterocycles. The monoisotopic (exact) mass is 110 g/mol. The fourth-order valence-corrected chi connectivity index (χ4v) is 0.523. The summed E-state index contributed by atoms with van der Waals surface area (Å²) in [5.74, 6) is 0.380. The number of nitrogens with zero attached hydrogens (tertiary/aromatic N) is 2. The van der Waals surface area contributed by atoms with Crippen molar-refractivity contribution in [3.63, 3.8) is 0 Å². The lowest BCUT2D eigenvalue weighted by Crippen LogP contribution is -1.52. The molecule has 0 saturated carbocycles. The third-order valence-electron chi connectivity index (χ3n) is 0.871. The van der Waals surface area contributed by atoms with Gasteiger partial charge in [0, 0.05) is 0 Å². The first-order chi connectivity index (χ1) is 3.97. The van der Waals surface area contributed by atoms with E-state index in [1.54, 1.807) is 0 Å². The Morgan fingerprint density at radius 2 is 2.50 bits per heavy atom. The summed E-state index contributed by atoms with van der Waals surface area (Å²) in [7, 11) is 0. The predicted molar refractivity (Wildman–Crippen MR) is 24.1 cm³/mol. The van der Waals surface area contributed by atoms with E-state index in [9.17, 15) is 0 Å². The van der Waals surface area contributed by atoms with Gasteiger partial charge in [-0.3, -0.25) is 0 Å². The molecule has 2 rings (SSSR count). The molecule has 8 heavy (non-hydrogen) atoms. The van der Waals surface area contributed by atoms with Crippen LogP contribution in [0.3, 0.4) is 0 Å². The summed E-state index contributed by atoms with van der Waals surface area (Å²) in [5, 5.41) is 3.43. The van der Waals surface area contributed by atoms with E-state index >= 15 is 0 Å². The Morgan fingerprint density at radius 1 is 1.50 bits per heavy atom. The molecular formula is C4H2N2O2. The quantitative estimate of drug-likeness (QED) is 0.503. The molecule has 0 unspecified atom stereocenters. The zero-order valence-corrected chi connectivity index (χ0v) is 3.87. The average molecular weight is 110 g/mol. The summed E-state index contributed by atoms with van der Waals surface area (Å²) in [6.07, 6.45) is 2.81. The SMILES string of the molecule is c1nc2cnoc2o1. The first-order valence-corrected chi connectivity index (χ1v) is 2.11. The normalized spacial score (nSPS) is 10.5. The summed E-state index contributed by atoms with van der Waals surface area (Å²) in [5.41, 5.74) is 0.657. The van der Waals surface area contributed by atoms with Crippen molar-refractivity contribution in [1.82, 2.24) is 10.1 Å². The molecule has 2 aromatic heterocycles. The molecule has 0 bridgehead atoms. The second kappa shape index (κ2) is 1.09. The van der Waals surface area contributed by atoms with Gasteiger partial charge < -0.3 is 8.94 Å². The molecule has 0 spiro atoms. The van der Waals surface area contributed by atoms with E-state index in [0.717, 1.165) is 0 Å². The van der Waals surface area contributed by atoms with E-state index in [4.69, 9.17) is 4.42 Å². The van der Waals surface area contributed by atoms with Gasteiger partial charge >= 0.3 is 5.78 Å². The molecule has 2 aromatic rings. The Morgan fingerprint density at radius 3 is 3.38 bits per heavy atom. The Balaban J connectivity index is 3.06. The summed E-state index contributed by atoms with van der Waals surface area (Å²) in [6.45, 7) is 0. The molecule has 0 amide bonds. The van der Waals surface area contributed by atoms with Gasteiger partial charge in [0.05, 0.1) is 0 Å². The summed E-state index contributed by atoms with van der Waals surface area (Å²) in [6, 6.07) is 0. The molecule has 0 aromatic carbocycles. The maximum Gasteiger partial charge on any atom is 0.343 e. The number of fused-ring (bicyclic) bond motifs is 1. The topological polar surface area (TPSA) is 52.1 Å². The number of hydrogen-bond donors (Lipinski definition) is 0. The number of aromatic nitrogens is 2. The van der Waals surface area contributed by atoms with Gasteiger partial charge in [-0.15, -0.1) is 0 Å². The highest BCUT2D eigenvalue weighted by atomic mass is 16.5. The summed E-state index contributed by atoms with van der Waals surface area (Å²) >= 11 is 0. The standard InChI is InChI=1S/C4H2N2O2/c1-3-4(8-6-1)7-2-5-3/h1-2H. The van der Waals surface area contributed by atoms with Gasteiger partial charge in [-0.1, -0.05) is 5.16 Å². The highest BCUT2D eigenvalue weighted by Crippen LogP contribution is 2.07. The van der Waals surface area contributed by atoms with Gasteiger partial charge in [-0.05, 0) is 0 Å².